The molecule has 4 nitrogen and oxygen atoms in total. The molecule has 2 aromatic rings. The Bertz CT molecular complexity index is 588. The highest BCUT2D eigenvalue weighted by Crippen LogP contribution is 2.27. The van der Waals surface area contributed by atoms with Crippen molar-refractivity contribution in [3.8, 4) is 5.75 Å². The van der Waals surface area contributed by atoms with Crippen LogP contribution >= 0.6 is 11.3 Å². The maximum atomic E-state index is 12.5. The number of aryl methyl sites for hydroxylation is 2. The molecule has 0 N–H and O–H groups in total. The molecule has 1 aromatic heterocycles. The number of hydrogen-bond donors (Lipinski definition) is 0. The van der Waals surface area contributed by atoms with Crippen molar-refractivity contribution in [1.82, 2.24) is 4.98 Å². The summed E-state index contributed by atoms with van der Waals surface area (Å²) in [5.41, 5.74) is 1.50. The van der Waals surface area contributed by atoms with Crippen LogP contribution in [0.3, 0.4) is 0 Å². The Labute approximate surface area is 116 Å². The van der Waals surface area contributed by atoms with E-state index < -0.39 is 0 Å². The summed E-state index contributed by atoms with van der Waals surface area (Å²) in [5, 5.41) is 0.700. The lowest BCUT2D eigenvalue weighted by molar-refractivity contribution is 0.0990. The van der Waals surface area contributed by atoms with E-state index in [9.17, 15) is 4.79 Å². The minimum Gasteiger partial charge on any atom is -0.496 e. The van der Waals surface area contributed by atoms with E-state index in [0.717, 1.165) is 10.6 Å². The van der Waals surface area contributed by atoms with Crippen LogP contribution < -0.4 is 9.64 Å². The molecule has 1 aromatic carbocycles. The molecule has 0 saturated carbocycles. The number of carbonyl (C=O) groups excluding carboxylic acids is 1. The first-order valence-electron chi connectivity index (χ1n) is 5.89. The Morgan fingerprint density at radius 1 is 1.32 bits per heavy atom. The largest absolute Gasteiger partial charge is 0.496 e. The summed E-state index contributed by atoms with van der Waals surface area (Å²) in [6.45, 7) is 3.94. The summed E-state index contributed by atoms with van der Waals surface area (Å²) in [7, 11) is 3.29. The van der Waals surface area contributed by atoms with Gasteiger partial charge in [-0.2, -0.15) is 0 Å². The van der Waals surface area contributed by atoms with Gasteiger partial charge in [-0.1, -0.05) is 12.1 Å². The molecule has 100 valence electrons. The minimum absolute atomic E-state index is 0.119. The van der Waals surface area contributed by atoms with E-state index in [1.54, 1.807) is 31.2 Å². The number of methoxy groups -OCH3 is 1. The van der Waals surface area contributed by atoms with Crippen molar-refractivity contribution >= 4 is 22.4 Å². The number of hydrogen-bond acceptors (Lipinski definition) is 4. The number of amides is 1. The fourth-order valence-corrected chi connectivity index (χ4v) is 2.56. The van der Waals surface area contributed by atoms with E-state index in [1.165, 1.54) is 11.3 Å². The van der Waals surface area contributed by atoms with E-state index in [-0.39, 0.29) is 5.91 Å². The fourth-order valence-electron chi connectivity index (χ4n) is 1.69. The molecule has 0 atom stereocenters. The van der Waals surface area contributed by atoms with Crippen molar-refractivity contribution in [3.63, 3.8) is 0 Å². The first-order chi connectivity index (χ1) is 9.04. The van der Waals surface area contributed by atoms with Crippen LogP contribution in [0.2, 0.25) is 0 Å². The second-order valence-electron chi connectivity index (χ2n) is 4.20. The van der Waals surface area contributed by atoms with Crippen molar-refractivity contribution in [2.45, 2.75) is 13.8 Å². The van der Waals surface area contributed by atoms with Gasteiger partial charge < -0.3 is 4.74 Å². The summed E-state index contributed by atoms with van der Waals surface area (Å²) >= 11 is 1.51. The van der Waals surface area contributed by atoms with Crippen molar-refractivity contribution in [2.75, 3.05) is 19.1 Å². The van der Waals surface area contributed by atoms with E-state index in [1.807, 2.05) is 26.0 Å². The van der Waals surface area contributed by atoms with Gasteiger partial charge in [0.2, 0.25) is 0 Å². The average Bonchev–Trinajstić information content (AvgIpc) is 2.77. The summed E-state index contributed by atoms with van der Waals surface area (Å²) < 4.78 is 5.22. The van der Waals surface area contributed by atoms with Gasteiger partial charge in [0.25, 0.3) is 5.91 Å². The highest BCUT2D eigenvalue weighted by atomic mass is 32.1. The summed E-state index contributed by atoms with van der Waals surface area (Å²) in [4.78, 5) is 19.5. The standard InChI is InChI=1S/C14H16N2O2S/c1-9-10(2)19-14(15-9)16(3)13(17)11-7-5-6-8-12(11)18-4/h5-8H,1-4H3. The molecule has 5 heteroatoms. The van der Waals surface area contributed by atoms with Crippen molar-refractivity contribution in [2.24, 2.45) is 0 Å². The molecule has 0 unspecified atom stereocenters. The van der Waals surface area contributed by atoms with Gasteiger partial charge in [0.15, 0.2) is 5.13 Å². The number of benzene rings is 1. The van der Waals surface area contributed by atoms with Gasteiger partial charge in [0.05, 0.1) is 18.4 Å². The normalized spacial score (nSPS) is 10.3. The molecule has 0 spiro atoms. The van der Waals surface area contributed by atoms with Crippen LogP contribution in [0.4, 0.5) is 5.13 Å². The Morgan fingerprint density at radius 2 is 2.00 bits per heavy atom. The monoisotopic (exact) mass is 276 g/mol. The zero-order chi connectivity index (χ0) is 14.0. The fraction of sp³-hybridized carbons (Fsp3) is 0.286. The van der Waals surface area contributed by atoms with Crippen LogP contribution in [0, 0.1) is 13.8 Å². The van der Waals surface area contributed by atoms with E-state index >= 15 is 0 Å². The van der Waals surface area contributed by atoms with Gasteiger partial charge >= 0.3 is 0 Å². The Morgan fingerprint density at radius 3 is 2.58 bits per heavy atom. The molecule has 0 aliphatic heterocycles. The summed E-state index contributed by atoms with van der Waals surface area (Å²) in [5.74, 6) is 0.454. The van der Waals surface area contributed by atoms with Gasteiger partial charge in [-0.05, 0) is 26.0 Å². The molecule has 0 saturated heterocycles. The van der Waals surface area contributed by atoms with Crippen molar-refractivity contribution in [3.05, 3.63) is 40.4 Å². The summed E-state index contributed by atoms with van der Waals surface area (Å²) in [6.07, 6.45) is 0. The van der Waals surface area contributed by atoms with Crippen LogP contribution in [0.15, 0.2) is 24.3 Å². The lowest BCUT2D eigenvalue weighted by atomic mass is 10.2. The van der Waals surface area contributed by atoms with E-state index in [0.29, 0.717) is 16.4 Å². The zero-order valence-corrected chi connectivity index (χ0v) is 12.2. The number of thiazole rings is 1. The van der Waals surface area contributed by atoms with Crippen LogP contribution in [0.5, 0.6) is 5.75 Å². The molecule has 0 fully saturated rings. The van der Waals surface area contributed by atoms with Crippen molar-refractivity contribution < 1.29 is 9.53 Å². The zero-order valence-electron chi connectivity index (χ0n) is 11.4. The highest BCUT2D eigenvalue weighted by molar-refractivity contribution is 7.15. The smallest absolute Gasteiger partial charge is 0.263 e. The highest BCUT2D eigenvalue weighted by Gasteiger charge is 2.20. The lowest BCUT2D eigenvalue weighted by Crippen LogP contribution is -2.26. The predicted molar refractivity (Wildman–Crippen MR) is 77.3 cm³/mol. The maximum absolute atomic E-state index is 12.5. The van der Waals surface area contributed by atoms with Gasteiger partial charge in [-0.15, -0.1) is 11.3 Å². The molecule has 1 amide bonds. The molecular formula is C14H16N2O2S. The van der Waals surface area contributed by atoms with E-state index in [4.69, 9.17) is 4.74 Å². The SMILES string of the molecule is COc1ccccc1C(=O)N(C)c1nc(C)c(C)s1. The molecule has 0 aliphatic rings. The number of para-hydroxylation sites is 1. The van der Waals surface area contributed by atoms with Crippen molar-refractivity contribution in [1.29, 1.82) is 0 Å². The molecule has 0 aliphatic carbocycles. The third-order valence-electron chi connectivity index (χ3n) is 2.95. The molecule has 19 heavy (non-hydrogen) atoms. The maximum Gasteiger partial charge on any atom is 0.263 e. The van der Waals surface area contributed by atoms with Gasteiger partial charge in [0, 0.05) is 11.9 Å². The first-order valence-corrected chi connectivity index (χ1v) is 6.71. The third-order valence-corrected chi connectivity index (χ3v) is 4.10. The predicted octanol–water partition coefficient (Wildman–Crippen LogP) is 3.05. The Kier molecular flexibility index (Phi) is 3.85. The Balaban J connectivity index is 2.33. The number of anilines is 1. The number of nitrogens with zero attached hydrogens (tertiary/aromatic N) is 2. The topological polar surface area (TPSA) is 42.4 Å². The van der Waals surface area contributed by atoms with Crippen LogP contribution in [-0.4, -0.2) is 25.0 Å². The first kappa shape index (κ1) is 13.5. The molecular weight excluding hydrogens is 260 g/mol. The van der Waals surface area contributed by atoms with Crippen LogP contribution in [0.1, 0.15) is 20.9 Å². The molecule has 0 radical (unpaired) electrons. The number of ether oxygens (including phenoxy) is 1. The second-order valence-corrected chi connectivity index (χ2v) is 5.38. The van der Waals surface area contributed by atoms with Gasteiger partial charge in [0.1, 0.15) is 5.75 Å². The molecule has 0 bridgehead atoms. The second kappa shape index (κ2) is 5.40. The lowest BCUT2D eigenvalue weighted by Gasteiger charge is -2.15. The Hall–Kier alpha value is -1.88. The number of aromatic nitrogens is 1. The van der Waals surface area contributed by atoms with E-state index in [2.05, 4.69) is 4.98 Å². The number of rotatable bonds is 3. The third kappa shape index (κ3) is 2.61. The van der Waals surface area contributed by atoms with Gasteiger partial charge in [-0.3, -0.25) is 9.69 Å². The minimum atomic E-state index is -0.119. The molecule has 1 heterocycles. The van der Waals surface area contributed by atoms with Crippen LogP contribution in [0.25, 0.3) is 0 Å². The van der Waals surface area contributed by atoms with Gasteiger partial charge in [-0.25, -0.2) is 4.98 Å². The number of carbonyl (C=O) groups is 1. The molecule has 2 rings (SSSR count). The summed E-state index contributed by atoms with van der Waals surface area (Å²) in [6, 6.07) is 7.19. The average molecular weight is 276 g/mol. The quantitative estimate of drug-likeness (QED) is 0.865. The van der Waals surface area contributed by atoms with Crippen LogP contribution in [-0.2, 0) is 0 Å².